The van der Waals surface area contributed by atoms with Crippen molar-refractivity contribution in [3.8, 4) is 11.5 Å². The molecular weight excluding hydrogens is 420 g/mol. The number of benzene rings is 2. The summed E-state index contributed by atoms with van der Waals surface area (Å²) in [7, 11) is 1.67. The molecule has 0 spiro atoms. The third-order valence-electron chi connectivity index (χ3n) is 5.81. The van der Waals surface area contributed by atoms with E-state index in [2.05, 4.69) is 41.2 Å². The van der Waals surface area contributed by atoms with Gasteiger partial charge in [0.2, 0.25) is 0 Å². The van der Waals surface area contributed by atoms with Crippen LogP contribution in [-0.4, -0.2) is 48.6 Å². The van der Waals surface area contributed by atoms with Gasteiger partial charge in [-0.2, -0.15) is 4.98 Å². The number of oxazole rings is 1. The average molecular weight is 453 g/mol. The number of primary amides is 1. The fraction of sp³-hybridized carbons (Fsp3) is 0.440. The Morgan fingerprint density at radius 2 is 2.03 bits per heavy atom. The van der Waals surface area contributed by atoms with E-state index in [-0.39, 0.29) is 6.04 Å². The van der Waals surface area contributed by atoms with E-state index in [1.165, 1.54) is 5.56 Å². The van der Waals surface area contributed by atoms with Gasteiger partial charge >= 0.3 is 0 Å². The summed E-state index contributed by atoms with van der Waals surface area (Å²) in [5, 5.41) is 3.38. The molecule has 0 radical (unpaired) electrons. The van der Waals surface area contributed by atoms with Gasteiger partial charge in [-0.25, -0.2) is 0 Å². The minimum atomic E-state index is -0.509. The van der Waals surface area contributed by atoms with Crippen LogP contribution in [0.25, 0.3) is 11.1 Å². The number of methoxy groups -OCH3 is 1. The largest absolute Gasteiger partial charge is 0.493 e. The normalized spacial score (nSPS) is 15.2. The molecule has 0 atom stereocenters. The number of likely N-dealkylation sites (tertiary alicyclic amines) is 1. The van der Waals surface area contributed by atoms with Crippen molar-refractivity contribution in [3.05, 3.63) is 47.5 Å². The number of fused-ring (bicyclic) bond motifs is 1. The number of nitrogens with two attached hydrogens (primary N) is 1. The predicted molar refractivity (Wildman–Crippen MR) is 128 cm³/mol. The molecule has 1 aliphatic heterocycles. The maximum atomic E-state index is 11.6. The lowest BCUT2D eigenvalue weighted by Crippen LogP contribution is -2.38. The number of nitrogens with one attached hydrogen (secondary N) is 1. The first-order valence-electron chi connectivity index (χ1n) is 11.4. The first-order chi connectivity index (χ1) is 15.9. The van der Waals surface area contributed by atoms with Crippen LogP contribution in [0.1, 0.15) is 42.6 Å². The number of piperidine rings is 1. The molecule has 8 nitrogen and oxygen atoms in total. The van der Waals surface area contributed by atoms with E-state index in [4.69, 9.17) is 19.6 Å². The maximum Gasteiger partial charge on any atom is 0.295 e. The van der Waals surface area contributed by atoms with Crippen LogP contribution in [0.2, 0.25) is 0 Å². The maximum absolute atomic E-state index is 11.6. The van der Waals surface area contributed by atoms with Crippen molar-refractivity contribution in [1.82, 2.24) is 9.88 Å². The third-order valence-corrected chi connectivity index (χ3v) is 5.81. The zero-order valence-electron chi connectivity index (χ0n) is 19.5. The molecule has 0 saturated carbocycles. The van der Waals surface area contributed by atoms with Crippen LogP contribution in [0.5, 0.6) is 11.5 Å². The fourth-order valence-electron chi connectivity index (χ4n) is 4.07. The van der Waals surface area contributed by atoms with Crippen molar-refractivity contribution in [2.24, 2.45) is 11.7 Å². The second-order valence-corrected chi connectivity index (χ2v) is 8.92. The molecule has 1 amide bonds. The monoisotopic (exact) mass is 452 g/mol. The first-order valence-corrected chi connectivity index (χ1v) is 11.4. The van der Waals surface area contributed by atoms with Crippen molar-refractivity contribution in [2.75, 3.05) is 32.1 Å². The molecule has 3 N–H and O–H groups in total. The summed E-state index contributed by atoms with van der Waals surface area (Å²) in [6.45, 7) is 7.70. The molecule has 2 heterocycles. The van der Waals surface area contributed by atoms with Crippen LogP contribution >= 0.6 is 0 Å². The number of amides is 1. The van der Waals surface area contributed by atoms with Gasteiger partial charge in [-0.05, 0) is 48.6 Å². The molecule has 1 saturated heterocycles. The SMILES string of the molecule is COc1ccc(CN2CCC(Nc3nc4c(C(N)=O)cccc4o3)CC2)cc1OCC(C)C. The quantitative estimate of drug-likeness (QED) is 0.505. The van der Waals surface area contributed by atoms with Gasteiger partial charge in [0, 0.05) is 25.7 Å². The van der Waals surface area contributed by atoms with Gasteiger partial charge in [0.25, 0.3) is 11.9 Å². The molecule has 0 aliphatic carbocycles. The van der Waals surface area contributed by atoms with Crippen LogP contribution in [0, 0.1) is 5.92 Å². The van der Waals surface area contributed by atoms with E-state index in [1.807, 2.05) is 6.07 Å². The van der Waals surface area contributed by atoms with Crippen molar-refractivity contribution in [2.45, 2.75) is 39.3 Å². The zero-order chi connectivity index (χ0) is 23.4. The van der Waals surface area contributed by atoms with Crippen molar-refractivity contribution >= 4 is 23.0 Å². The summed E-state index contributed by atoms with van der Waals surface area (Å²) in [5.41, 5.74) is 8.08. The standard InChI is InChI=1S/C25H32N4O4/c1-16(2)15-32-22-13-17(7-8-20(22)31-3)14-29-11-9-18(10-12-29)27-25-28-23-19(24(26)30)5-4-6-21(23)33-25/h4-8,13,16,18H,9-12,14-15H2,1-3H3,(H2,26,30)(H,27,28). The third kappa shape index (κ3) is 5.57. The van der Waals surface area contributed by atoms with Gasteiger partial charge in [-0.3, -0.25) is 9.69 Å². The number of ether oxygens (including phenoxy) is 2. The lowest BCUT2D eigenvalue weighted by molar-refractivity contribution is 0.100. The highest BCUT2D eigenvalue weighted by Gasteiger charge is 2.22. The predicted octanol–water partition coefficient (Wildman–Crippen LogP) is 4.05. The minimum absolute atomic E-state index is 0.257. The highest BCUT2D eigenvalue weighted by molar-refractivity contribution is 6.03. The molecule has 8 heteroatoms. The molecule has 33 heavy (non-hydrogen) atoms. The van der Waals surface area contributed by atoms with E-state index in [1.54, 1.807) is 25.3 Å². The van der Waals surface area contributed by atoms with Gasteiger partial charge in [-0.1, -0.05) is 26.0 Å². The topological polar surface area (TPSA) is 103 Å². The molecule has 176 valence electrons. The van der Waals surface area contributed by atoms with Gasteiger partial charge < -0.3 is 24.9 Å². The Morgan fingerprint density at radius 3 is 2.73 bits per heavy atom. The van der Waals surface area contributed by atoms with E-state index >= 15 is 0 Å². The number of aromatic nitrogens is 1. The van der Waals surface area contributed by atoms with Gasteiger partial charge in [0.05, 0.1) is 19.3 Å². The van der Waals surface area contributed by atoms with Crippen LogP contribution in [-0.2, 0) is 6.54 Å². The number of hydrogen-bond donors (Lipinski definition) is 2. The molecule has 1 aliphatic rings. The molecule has 3 aromatic rings. The molecule has 0 unspecified atom stereocenters. The number of anilines is 1. The van der Waals surface area contributed by atoms with Crippen LogP contribution < -0.4 is 20.5 Å². The summed E-state index contributed by atoms with van der Waals surface area (Å²) < 4.78 is 17.2. The number of carbonyl (C=O) groups is 1. The molecule has 1 fully saturated rings. The second kappa shape index (κ2) is 10.1. The molecule has 4 rings (SSSR count). The fourth-order valence-corrected chi connectivity index (χ4v) is 4.07. The Labute approximate surface area is 194 Å². The van der Waals surface area contributed by atoms with E-state index in [9.17, 15) is 4.79 Å². The van der Waals surface area contributed by atoms with Crippen LogP contribution in [0.3, 0.4) is 0 Å². The summed E-state index contributed by atoms with van der Waals surface area (Å²) >= 11 is 0. The number of rotatable bonds is 9. The Kier molecular flexibility index (Phi) is 7.03. The van der Waals surface area contributed by atoms with E-state index in [0.29, 0.717) is 35.2 Å². The van der Waals surface area contributed by atoms with E-state index < -0.39 is 5.91 Å². The lowest BCUT2D eigenvalue weighted by Gasteiger charge is -2.32. The Hall–Kier alpha value is -3.26. The molecule has 2 aromatic carbocycles. The highest BCUT2D eigenvalue weighted by Crippen LogP contribution is 2.30. The first kappa shape index (κ1) is 22.9. The average Bonchev–Trinajstić information content (AvgIpc) is 3.21. The Morgan fingerprint density at radius 1 is 1.24 bits per heavy atom. The second-order valence-electron chi connectivity index (χ2n) is 8.92. The summed E-state index contributed by atoms with van der Waals surface area (Å²) in [6.07, 6.45) is 1.93. The zero-order valence-corrected chi connectivity index (χ0v) is 19.5. The van der Waals surface area contributed by atoms with Crippen LogP contribution in [0.15, 0.2) is 40.8 Å². The number of hydrogen-bond acceptors (Lipinski definition) is 7. The molecule has 0 bridgehead atoms. The van der Waals surface area contributed by atoms with E-state index in [0.717, 1.165) is 44.0 Å². The van der Waals surface area contributed by atoms with Crippen molar-refractivity contribution in [3.63, 3.8) is 0 Å². The number of nitrogens with zero attached hydrogens (tertiary/aromatic N) is 2. The summed E-state index contributed by atoms with van der Waals surface area (Å²) in [4.78, 5) is 18.5. The Balaban J connectivity index is 1.34. The van der Waals surface area contributed by atoms with Gasteiger partial charge in [0.15, 0.2) is 17.1 Å². The van der Waals surface area contributed by atoms with Gasteiger partial charge in [-0.15, -0.1) is 0 Å². The minimum Gasteiger partial charge on any atom is -0.493 e. The number of carbonyl (C=O) groups excluding carboxylic acids is 1. The molecular formula is C25H32N4O4. The summed E-state index contributed by atoms with van der Waals surface area (Å²) in [6, 6.07) is 12.0. The molecule has 1 aromatic heterocycles. The van der Waals surface area contributed by atoms with Gasteiger partial charge in [0.1, 0.15) is 5.52 Å². The number of para-hydroxylation sites is 1. The Bertz CT molecular complexity index is 1100. The lowest BCUT2D eigenvalue weighted by atomic mass is 10.0. The van der Waals surface area contributed by atoms with Crippen LogP contribution in [0.4, 0.5) is 6.01 Å². The van der Waals surface area contributed by atoms with Crippen molar-refractivity contribution in [1.29, 1.82) is 0 Å². The van der Waals surface area contributed by atoms with Crippen molar-refractivity contribution < 1.29 is 18.7 Å². The highest BCUT2D eigenvalue weighted by atomic mass is 16.5. The smallest absolute Gasteiger partial charge is 0.295 e. The summed E-state index contributed by atoms with van der Waals surface area (Å²) in [5.74, 6) is 1.50.